The first-order valence-electron chi connectivity index (χ1n) is 11.3. The van der Waals surface area contributed by atoms with Crippen molar-refractivity contribution in [1.82, 2.24) is 20.0 Å². The van der Waals surface area contributed by atoms with Gasteiger partial charge in [-0.3, -0.25) is 19.8 Å². The van der Waals surface area contributed by atoms with Gasteiger partial charge < -0.3 is 0 Å². The molecule has 2 heterocycles. The molecule has 0 spiro atoms. The molecule has 1 aliphatic rings. The number of barbiturate groups is 1. The van der Waals surface area contributed by atoms with Crippen molar-refractivity contribution in [2.24, 2.45) is 0 Å². The van der Waals surface area contributed by atoms with E-state index in [1.54, 1.807) is 29.9 Å². The van der Waals surface area contributed by atoms with Crippen molar-refractivity contribution in [3.63, 3.8) is 0 Å². The number of aromatic nitrogens is 2. The van der Waals surface area contributed by atoms with E-state index in [4.69, 9.17) is 16.7 Å². The minimum Gasteiger partial charge on any atom is -0.273 e. The summed E-state index contributed by atoms with van der Waals surface area (Å²) in [6.45, 7) is 1.74. The predicted octanol–water partition coefficient (Wildman–Crippen LogP) is 5.42. The summed E-state index contributed by atoms with van der Waals surface area (Å²) in [6.07, 6.45) is 3.22. The van der Waals surface area contributed by atoms with Gasteiger partial charge in [-0.05, 0) is 42.8 Å². The van der Waals surface area contributed by atoms with Crippen LogP contribution in [0.5, 0.6) is 0 Å². The molecule has 1 atom stereocenters. The summed E-state index contributed by atoms with van der Waals surface area (Å²) < 4.78 is 1.68. The molecule has 4 aromatic rings. The Hall–Kier alpha value is -4.49. The summed E-state index contributed by atoms with van der Waals surface area (Å²) in [6, 6.07) is 24.5. The lowest BCUT2D eigenvalue weighted by molar-refractivity contribution is -0.131. The fraction of sp³-hybridized carbons (Fsp3) is 0.0714. The minimum absolute atomic E-state index is 0.153. The number of benzene rings is 3. The van der Waals surface area contributed by atoms with Crippen LogP contribution < -0.4 is 5.32 Å². The lowest BCUT2D eigenvalue weighted by atomic mass is 10.0. The monoisotopic (exact) mass is 496 g/mol. The van der Waals surface area contributed by atoms with Crippen LogP contribution in [-0.2, 0) is 9.59 Å². The number of rotatable bonds is 5. The van der Waals surface area contributed by atoms with Gasteiger partial charge in [0, 0.05) is 22.3 Å². The third-order valence-electron chi connectivity index (χ3n) is 5.98. The Labute approximate surface area is 212 Å². The van der Waals surface area contributed by atoms with Crippen LogP contribution >= 0.6 is 11.6 Å². The number of nitrogens with zero attached hydrogens (tertiary/aromatic N) is 3. The Morgan fingerprint density at radius 3 is 2.19 bits per heavy atom. The van der Waals surface area contributed by atoms with Gasteiger partial charge in [0.05, 0.1) is 17.4 Å². The maximum atomic E-state index is 13.5. The first-order chi connectivity index (χ1) is 17.4. The highest BCUT2D eigenvalue weighted by molar-refractivity contribution is 6.31. The molecular formula is C28H21ClN4O3. The molecule has 7 nitrogen and oxygen atoms in total. The zero-order chi connectivity index (χ0) is 25.2. The van der Waals surface area contributed by atoms with Gasteiger partial charge in [-0.15, -0.1) is 0 Å². The van der Waals surface area contributed by atoms with Gasteiger partial charge in [-0.1, -0.05) is 72.3 Å². The second-order valence-corrected chi connectivity index (χ2v) is 8.74. The van der Waals surface area contributed by atoms with E-state index in [1.807, 2.05) is 72.8 Å². The summed E-state index contributed by atoms with van der Waals surface area (Å²) in [4.78, 5) is 40.0. The predicted molar refractivity (Wildman–Crippen MR) is 137 cm³/mol. The lowest BCUT2D eigenvalue weighted by Crippen LogP contribution is -2.54. The zero-order valence-corrected chi connectivity index (χ0v) is 20.0. The fourth-order valence-electron chi connectivity index (χ4n) is 4.10. The van der Waals surface area contributed by atoms with Crippen molar-refractivity contribution in [3.05, 3.63) is 113 Å². The van der Waals surface area contributed by atoms with Crippen molar-refractivity contribution in [3.8, 4) is 16.9 Å². The Kier molecular flexibility index (Phi) is 6.23. The van der Waals surface area contributed by atoms with Crippen molar-refractivity contribution in [1.29, 1.82) is 0 Å². The number of carbonyl (C=O) groups excluding carboxylic acids is 3. The van der Waals surface area contributed by atoms with E-state index in [0.29, 0.717) is 16.3 Å². The van der Waals surface area contributed by atoms with Crippen LogP contribution in [0.15, 0.2) is 96.7 Å². The van der Waals surface area contributed by atoms with Crippen LogP contribution in [0.25, 0.3) is 23.0 Å². The average Bonchev–Trinajstić information content (AvgIpc) is 3.32. The second kappa shape index (κ2) is 9.64. The number of para-hydroxylation sites is 1. The molecule has 178 valence electrons. The molecule has 0 saturated carbocycles. The molecule has 5 rings (SSSR count). The third-order valence-corrected chi connectivity index (χ3v) is 6.24. The lowest BCUT2D eigenvalue weighted by Gasteiger charge is -2.31. The fourth-order valence-corrected chi connectivity index (χ4v) is 4.22. The van der Waals surface area contributed by atoms with Gasteiger partial charge in [0.1, 0.15) is 5.57 Å². The minimum atomic E-state index is -0.754. The van der Waals surface area contributed by atoms with Crippen LogP contribution in [0, 0.1) is 0 Å². The number of imide groups is 2. The van der Waals surface area contributed by atoms with Gasteiger partial charge in [-0.2, -0.15) is 5.10 Å². The normalized spacial score (nSPS) is 15.8. The van der Waals surface area contributed by atoms with Crippen molar-refractivity contribution >= 4 is 35.5 Å². The van der Waals surface area contributed by atoms with Crippen LogP contribution in [0.2, 0.25) is 5.02 Å². The number of amides is 4. The highest BCUT2D eigenvalue weighted by Gasteiger charge is 2.39. The molecule has 1 fully saturated rings. The van der Waals surface area contributed by atoms with E-state index in [2.05, 4.69) is 5.32 Å². The van der Waals surface area contributed by atoms with E-state index in [1.165, 1.54) is 6.08 Å². The topological polar surface area (TPSA) is 84.3 Å². The summed E-state index contributed by atoms with van der Waals surface area (Å²) in [5, 5.41) is 7.59. The van der Waals surface area contributed by atoms with E-state index in [0.717, 1.165) is 21.7 Å². The average molecular weight is 497 g/mol. The standard InChI is InChI=1S/C28H21ClN4O3/c1-18(19-8-4-2-5-9-19)33-27(35)24(26(34)30-28(33)36)16-21-17-32(23-10-6-3-7-11-23)31-25(21)20-12-14-22(29)15-13-20/h2-18H,1H3,(H,30,34,36)/b24-16-. The summed E-state index contributed by atoms with van der Waals surface area (Å²) >= 11 is 6.07. The molecule has 36 heavy (non-hydrogen) atoms. The van der Waals surface area contributed by atoms with Gasteiger partial charge in [0.25, 0.3) is 11.8 Å². The molecule has 3 aromatic carbocycles. The number of carbonyl (C=O) groups is 3. The van der Waals surface area contributed by atoms with Crippen LogP contribution in [0.4, 0.5) is 4.79 Å². The molecule has 1 aliphatic heterocycles. The van der Waals surface area contributed by atoms with E-state index in [9.17, 15) is 14.4 Å². The molecular weight excluding hydrogens is 476 g/mol. The smallest absolute Gasteiger partial charge is 0.273 e. The summed E-state index contributed by atoms with van der Waals surface area (Å²) in [7, 11) is 0. The molecule has 1 aromatic heterocycles. The SMILES string of the molecule is CC(c1ccccc1)N1C(=O)NC(=O)/C(=C/c2cn(-c3ccccc3)nc2-c2ccc(Cl)cc2)C1=O. The molecule has 0 aliphatic carbocycles. The van der Waals surface area contributed by atoms with E-state index in [-0.39, 0.29) is 5.57 Å². The molecule has 1 unspecified atom stereocenters. The molecule has 1 saturated heterocycles. The Bertz CT molecular complexity index is 1480. The summed E-state index contributed by atoms with van der Waals surface area (Å²) in [5.41, 5.74) is 3.29. The maximum absolute atomic E-state index is 13.5. The molecule has 4 amide bonds. The number of hydrogen-bond donors (Lipinski definition) is 1. The number of halogens is 1. The van der Waals surface area contributed by atoms with Crippen LogP contribution in [0.3, 0.4) is 0 Å². The van der Waals surface area contributed by atoms with Crippen molar-refractivity contribution in [2.75, 3.05) is 0 Å². The largest absolute Gasteiger partial charge is 0.331 e. The molecule has 0 bridgehead atoms. The first-order valence-corrected chi connectivity index (χ1v) is 11.7. The van der Waals surface area contributed by atoms with Gasteiger partial charge in [0.2, 0.25) is 0 Å². The molecule has 8 heteroatoms. The first kappa shape index (κ1) is 23.3. The van der Waals surface area contributed by atoms with E-state index >= 15 is 0 Å². The zero-order valence-electron chi connectivity index (χ0n) is 19.3. The van der Waals surface area contributed by atoms with Crippen molar-refractivity contribution < 1.29 is 14.4 Å². The second-order valence-electron chi connectivity index (χ2n) is 8.30. The molecule has 0 radical (unpaired) electrons. The number of hydrogen-bond acceptors (Lipinski definition) is 4. The van der Waals surface area contributed by atoms with Gasteiger partial charge in [0.15, 0.2) is 0 Å². The number of nitrogens with one attached hydrogen (secondary N) is 1. The number of urea groups is 1. The van der Waals surface area contributed by atoms with Crippen LogP contribution in [-0.4, -0.2) is 32.5 Å². The third kappa shape index (κ3) is 4.44. The highest BCUT2D eigenvalue weighted by Crippen LogP contribution is 2.30. The van der Waals surface area contributed by atoms with Gasteiger partial charge in [-0.25, -0.2) is 9.48 Å². The Balaban J connectivity index is 1.60. The van der Waals surface area contributed by atoms with Crippen LogP contribution in [0.1, 0.15) is 24.1 Å². The highest BCUT2D eigenvalue weighted by atomic mass is 35.5. The summed E-state index contributed by atoms with van der Waals surface area (Å²) in [5.74, 6) is -1.43. The Morgan fingerprint density at radius 2 is 1.53 bits per heavy atom. The van der Waals surface area contributed by atoms with Gasteiger partial charge >= 0.3 is 6.03 Å². The van der Waals surface area contributed by atoms with E-state index < -0.39 is 23.9 Å². The van der Waals surface area contributed by atoms with Crippen molar-refractivity contribution in [2.45, 2.75) is 13.0 Å². The Morgan fingerprint density at radius 1 is 0.889 bits per heavy atom. The maximum Gasteiger partial charge on any atom is 0.331 e. The molecule has 1 N–H and O–H groups in total. The quantitative estimate of drug-likeness (QED) is 0.295.